The molecule has 0 aromatic heterocycles. The molecule has 1 atom stereocenters. The highest BCUT2D eigenvalue weighted by Crippen LogP contribution is 2.14. The highest BCUT2D eigenvalue weighted by atomic mass is 16.4. The summed E-state index contributed by atoms with van der Waals surface area (Å²) in [7, 11) is 0. The van der Waals surface area contributed by atoms with Gasteiger partial charge in [0.05, 0.1) is 6.42 Å². The fourth-order valence-corrected chi connectivity index (χ4v) is 3.49. The van der Waals surface area contributed by atoms with Crippen LogP contribution in [0.1, 0.15) is 89.5 Å². The Kier molecular flexibility index (Phi) is 14.0. The molecule has 1 aromatic rings. The lowest BCUT2D eigenvalue weighted by Crippen LogP contribution is -2.33. The van der Waals surface area contributed by atoms with Crippen molar-refractivity contribution in [2.24, 2.45) is 5.92 Å². The molecule has 4 heteroatoms. The van der Waals surface area contributed by atoms with Crippen LogP contribution in [0.2, 0.25) is 0 Å². The molecule has 0 saturated carbocycles. The number of aryl methyl sites for hydroxylation is 1. The summed E-state index contributed by atoms with van der Waals surface area (Å²) >= 11 is 0. The number of carboxylic acid groups (broad SMARTS) is 1. The van der Waals surface area contributed by atoms with E-state index in [0.29, 0.717) is 13.0 Å². The minimum atomic E-state index is -0.910. The molecule has 158 valence electrons. The third-order valence-corrected chi connectivity index (χ3v) is 5.25. The van der Waals surface area contributed by atoms with E-state index in [1.54, 1.807) is 0 Å². The highest BCUT2D eigenvalue weighted by Gasteiger charge is 2.21. The second-order valence-corrected chi connectivity index (χ2v) is 7.79. The van der Waals surface area contributed by atoms with Crippen LogP contribution in [0.5, 0.6) is 0 Å². The molecular weight excluding hydrogens is 350 g/mol. The third-order valence-electron chi connectivity index (χ3n) is 5.25. The topological polar surface area (TPSA) is 66.4 Å². The van der Waals surface area contributed by atoms with Crippen LogP contribution in [0.25, 0.3) is 0 Å². The average Bonchev–Trinajstić information content (AvgIpc) is 2.69. The van der Waals surface area contributed by atoms with Gasteiger partial charge in [-0.25, -0.2) is 0 Å². The van der Waals surface area contributed by atoms with Crippen LogP contribution in [0.3, 0.4) is 0 Å². The van der Waals surface area contributed by atoms with Crippen LogP contribution < -0.4 is 5.32 Å². The van der Waals surface area contributed by atoms with Crippen molar-refractivity contribution in [2.45, 2.75) is 90.4 Å². The molecule has 2 N–H and O–H groups in total. The van der Waals surface area contributed by atoms with E-state index in [2.05, 4.69) is 12.2 Å². The second-order valence-electron chi connectivity index (χ2n) is 7.79. The van der Waals surface area contributed by atoms with E-state index in [4.69, 9.17) is 5.11 Å². The summed E-state index contributed by atoms with van der Waals surface area (Å²) in [6.45, 7) is 2.89. The summed E-state index contributed by atoms with van der Waals surface area (Å²) in [5.41, 5.74) is 1.14. The predicted octanol–water partition coefficient (Wildman–Crippen LogP) is 5.75. The Balaban J connectivity index is 2.14. The average molecular weight is 390 g/mol. The number of hydrogen-bond donors (Lipinski definition) is 2. The molecule has 0 aliphatic rings. The Labute approximate surface area is 171 Å². The molecule has 0 fully saturated rings. The quantitative estimate of drug-likeness (QED) is 0.334. The van der Waals surface area contributed by atoms with Crippen LogP contribution in [-0.4, -0.2) is 23.5 Å². The van der Waals surface area contributed by atoms with Crippen molar-refractivity contribution in [3.05, 3.63) is 35.9 Å². The lowest BCUT2D eigenvalue weighted by molar-refractivity contribution is -0.141. The van der Waals surface area contributed by atoms with Crippen LogP contribution >= 0.6 is 0 Å². The van der Waals surface area contributed by atoms with Crippen molar-refractivity contribution in [1.82, 2.24) is 5.32 Å². The molecule has 0 aliphatic heterocycles. The van der Waals surface area contributed by atoms with Gasteiger partial charge in [-0.2, -0.15) is 0 Å². The first-order chi connectivity index (χ1) is 13.6. The highest BCUT2D eigenvalue weighted by molar-refractivity contribution is 5.83. The molecule has 1 amide bonds. The molecule has 0 saturated heterocycles. The monoisotopic (exact) mass is 389 g/mol. The first-order valence-electron chi connectivity index (χ1n) is 11.2. The van der Waals surface area contributed by atoms with Crippen molar-refractivity contribution >= 4 is 11.9 Å². The van der Waals surface area contributed by atoms with Gasteiger partial charge < -0.3 is 10.4 Å². The van der Waals surface area contributed by atoms with Crippen LogP contribution in [0.4, 0.5) is 0 Å². The van der Waals surface area contributed by atoms with Crippen LogP contribution in [0.15, 0.2) is 30.3 Å². The lowest BCUT2D eigenvalue weighted by atomic mass is 9.95. The van der Waals surface area contributed by atoms with Crippen LogP contribution in [-0.2, 0) is 16.0 Å². The Morgan fingerprint density at radius 3 is 2.04 bits per heavy atom. The molecule has 28 heavy (non-hydrogen) atoms. The lowest BCUT2D eigenvalue weighted by Gasteiger charge is -2.15. The van der Waals surface area contributed by atoms with E-state index < -0.39 is 11.9 Å². The number of benzene rings is 1. The molecule has 0 radical (unpaired) electrons. The maximum Gasteiger partial charge on any atom is 0.304 e. The first kappa shape index (κ1) is 24.2. The zero-order chi connectivity index (χ0) is 20.5. The molecule has 0 aliphatic carbocycles. The molecule has 4 nitrogen and oxygen atoms in total. The molecular formula is C24H39NO3. The third kappa shape index (κ3) is 12.5. The van der Waals surface area contributed by atoms with Gasteiger partial charge in [0.2, 0.25) is 5.91 Å². The Hall–Kier alpha value is -1.84. The maximum atomic E-state index is 12.4. The largest absolute Gasteiger partial charge is 0.481 e. The zero-order valence-corrected chi connectivity index (χ0v) is 17.6. The van der Waals surface area contributed by atoms with E-state index in [9.17, 15) is 9.59 Å². The van der Waals surface area contributed by atoms with Gasteiger partial charge in [0.1, 0.15) is 0 Å². The van der Waals surface area contributed by atoms with Crippen molar-refractivity contribution in [3.63, 3.8) is 0 Å². The summed E-state index contributed by atoms with van der Waals surface area (Å²) in [4.78, 5) is 23.5. The summed E-state index contributed by atoms with van der Waals surface area (Å²) in [6, 6.07) is 9.91. The zero-order valence-electron chi connectivity index (χ0n) is 17.6. The minimum Gasteiger partial charge on any atom is -0.481 e. The second kappa shape index (κ2) is 16.1. The van der Waals surface area contributed by atoms with E-state index in [-0.39, 0.29) is 12.3 Å². The maximum absolute atomic E-state index is 12.4. The van der Waals surface area contributed by atoms with E-state index >= 15 is 0 Å². The van der Waals surface area contributed by atoms with Crippen LogP contribution in [0, 0.1) is 5.92 Å². The van der Waals surface area contributed by atoms with E-state index in [0.717, 1.165) is 24.8 Å². The smallest absolute Gasteiger partial charge is 0.304 e. The number of nitrogens with one attached hydrogen (secondary N) is 1. The van der Waals surface area contributed by atoms with Gasteiger partial charge in [0.15, 0.2) is 0 Å². The van der Waals surface area contributed by atoms with E-state index in [1.165, 1.54) is 51.4 Å². The SMILES string of the molecule is CCCCCCCCCCCCNC(=O)C(CCc1ccccc1)CC(=O)O. The Morgan fingerprint density at radius 2 is 1.46 bits per heavy atom. The summed E-state index contributed by atoms with van der Waals surface area (Å²) < 4.78 is 0. The van der Waals surface area contributed by atoms with Gasteiger partial charge >= 0.3 is 5.97 Å². The molecule has 1 rings (SSSR count). The number of hydrogen-bond acceptors (Lipinski definition) is 2. The standard InChI is InChI=1S/C24H39NO3/c1-2-3-4-5-6-7-8-9-10-14-19-25-24(28)22(20-23(26)27)18-17-21-15-12-11-13-16-21/h11-13,15-16,22H,2-10,14,17-20H2,1H3,(H,25,28)(H,26,27). The van der Waals surface area contributed by atoms with Gasteiger partial charge in [-0.3, -0.25) is 9.59 Å². The number of amides is 1. The number of carboxylic acids is 1. The minimum absolute atomic E-state index is 0.100. The van der Waals surface area contributed by atoms with Gasteiger partial charge in [-0.1, -0.05) is 95.0 Å². The number of carbonyl (C=O) groups is 2. The molecule has 0 bridgehead atoms. The van der Waals surface area contributed by atoms with Crippen molar-refractivity contribution < 1.29 is 14.7 Å². The number of rotatable bonds is 17. The number of carbonyl (C=O) groups excluding carboxylic acids is 1. The Morgan fingerprint density at radius 1 is 0.893 bits per heavy atom. The van der Waals surface area contributed by atoms with E-state index in [1.807, 2.05) is 30.3 Å². The molecule has 0 heterocycles. The normalized spacial score (nSPS) is 11.9. The Bertz CT molecular complexity index is 530. The fraction of sp³-hybridized carbons (Fsp3) is 0.667. The molecule has 1 aromatic carbocycles. The van der Waals surface area contributed by atoms with Crippen molar-refractivity contribution in [3.8, 4) is 0 Å². The fourth-order valence-electron chi connectivity index (χ4n) is 3.49. The van der Waals surface area contributed by atoms with Gasteiger partial charge in [0, 0.05) is 12.5 Å². The molecule has 1 unspecified atom stereocenters. The number of unbranched alkanes of at least 4 members (excludes halogenated alkanes) is 9. The summed E-state index contributed by atoms with van der Waals surface area (Å²) in [6.07, 6.45) is 13.8. The van der Waals surface area contributed by atoms with Crippen molar-refractivity contribution in [1.29, 1.82) is 0 Å². The van der Waals surface area contributed by atoms with Gasteiger partial charge in [0.25, 0.3) is 0 Å². The first-order valence-corrected chi connectivity index (χ1v) is 11.2. The van der Waals surface area contributed by atoms with Gasteiger partial charge in [-0.15, -0.1) is 0 Å². The van der Waals surface area contributed by atoms with Gasteiger partial charge in [-0.05, 0) is 24.8 Å². The molecule has 0 spiro atoms. The summed E-state index contributed by atoms with van der Waals surface area (Å²) in [5.74, 6) is -1.48. The van der Waals surface area contributed by atoms with Crippen molar-refractivity contribution in [2.75, 3.05) is 6.54 Å². The predicted molar refractivity (Wildman–Crippen MR) is 115 cm³/mol. The number of aliphatic carboxylic acids is 1. The summed E-state index contributed by atoms with van der Waals surface area (Å²) in [5, 5.41) is 12.1.